The smallest absolute Gasteiger partial charge is 0.323 e. The van der Waals surface area contributed by atoms with E-state index in [0.29, 0.717) is 17.8 Å². The first-order valence-electron chi connectivity index (χ1n) is 6.57. The lowest BCUT2D eigenvalue weighted by Gasteiger charge is -2.10. The van der Waals surface area contributed by atoms with E-state index in [4.69, 9.17) is 0 Å². The summed E-state index contributed by atoms with van der Waals surface area (Å²) in [5.41, 5.74) is 1.15. The van der Waals surface area contributed by atoms with Crippen LogP contribution in [0, 0.1) is 6.92 Å². The molecule has 0 spiro atoms. The number of nitrogens with zero attached hydrogens (tertiary/aromatic N) is 1. The highest BCUT2D eigenvalue weighted by atomic mass is 16.3. The number of rotatable bonds is 3. The summed E-state index contributed by atoms with van der Waals surface area (Å²) >= 11 is 0. The van der Waals surface area contributed by atoms with Crippen LogP contribution in [0.15, 0.2) is 41.5 Å². The molecule has 1 aromatic carbocycles. The van der Waals surface area contributed by atoms with Crippen LogP contribution >= 0.6 is 0 Å². The van der Waals surface area contributed by atoms with E-state index >= 15 is 0 Å². The number of pyridine rings is 1. The molecular weight excluding hydrogens is 270 g/mol. The maximum Gasteiger partial charge on any atom is 0.323 e. The molecule has 1 aromatic heterocycles. The number of benzene rings is 1. The highest BCUT2D eigenvalue weighted by molar-refractivity contribution is 5.99. The van der Waals surface area contributed by atoms with E-state index in [1.165, 1.54) is 12.1 Å². The zero-order valence-corrected chi connectivity index (χ0v) is 11.9. The van der Waals surface area contributed by atoms with Crippen LogP contribution in [-0.4, -0.2) is 15.7 Å². The molecule has 2 rings (SSSR count). The van der Waals surface area contributed by atoms with Crippen LogP contribution < -0.4 is 16.1 Å². The molecule has 0 aliphatic rings. The fourth-order valence-electron chi connectivity index (χ4n) is 1.83. The third-order valence-corrected chi connectivity index (χ3v) is 3.05. The summed E-state index contributed by atoms with van der Waals surface area (Å²) < 4.78 is 1.79. The van der Waals surface area contributed by atoms with Gasteiger partial charge in [0, 0.05) is 30.7 Å². The van der Waals surface area contributed by atoms with Crippen molar-refractivity contribution >= 4 is 17.4 Å². The quantitative estimate of drug-likeness (QED) is 0.758. The molecule has 110 valence electrons. The average Bonchev–Trinajstić information content (AvgIpc) is 2.45. The van der Waals surface area contributed by atoms with Gasteiger partial charge in [0.2, 0.25) is 5.43 Å². The van der Waals surface area contributed by atoms with Gasteiger partial charge in [-0.1, -0.05) is 0 Å². The van der Waals surface area contributed by atoms with Crippen LogP contribution in [0.3, 0.4) is 0 Å². The Morgan fingerprint density at radius 2 is 2.05 bits per heavy atom. The Kier molecular flexibility index (Phi) is 4.27. The van der Waals surface area contributed by atoms with Gasteiger partial charge < -0.3 is 20.3 Å². The minimum atomic E-state index is -0.508. The number of phenolic OH excluding ortho intramolecular Hbond substituents is 1. The molecule has 0 aliphatic carbocycles. The molecule has 0 aliphatic heterocycles. The molecule has 0 atom stereocenters. The Bertz CT molecular complexity index is 722. The SMILES string of the molecule is CCn1ccc(=O)c(NC(=O)Nc2ccc(O)c(C)c2)c1. The zero-order valence-electron chi connectivity index (χ0n) is 11.9. The van der Waals surface area contributed by atoms with Crippen molar-refractivity contribution in [3.05, 3.63) is 52.4 Å². The second-order valence-electron chi connectivity index (χ2n) is 4.63. The highest BCUT2D eigenvalue weighted by Gasteiger charge is 2.07. The molecule has 2 amide bonds. The van der Waals surface area contributed by atoms with Crippen LogP contribution in [-0.2, 0) is 6.54 Å². The van der Waals surface area contributed by atoms with Crippen LogP contribution in [0.5, 0.6) is 5.75 Å². The molecule has 0 fully saturated rings. The summed E-state index contributed by atoms with van der Waals surface area (Å²) in [5.74, 6) is 0.162. The van der Waals surface area contributed by atoms with Crippen LogP contribution in [0.2, 0.25) is 0 Å². The standard InChI is InChI=1S/C15H17N3O3/c1-3-18-7-6-14(20)12(9-18)17-15(21)16-11-4-5-13(19)10(2)8-11/h4-9,19H,3H2,1-2H3,(H2,16,17,21). The van der Waals surface area contributed by atoms with Crippen molar-refractivity contribution in [3.63, 3.8) is 0 Å². The van der Waals surface area contributed by atoms with Gasteiger partial charge in [-0.3, -0.25) is 4.79 Å². The van der Waals surface area contributed by atoms with E-state index in [1.807, 2.05) is 6.92 Å². The fourth-order valence-corrected chi connectivity index (χ4v) is 1.83. The van der Waals surface area contributed by atoms with Crippen molar-refractivity contribution in [3.8, 4) is 5.75 Å². The van der Waals surface area contributed by atoms with Crippen molar-refractivity contribution in [1.29, 1.82) is 0 Å². The summed E-state index contributed by atoms with van der Waals surface area (Å²) in [7, 11) is 0. The largest absolute Gasteiger partial charge is 0.508 e. The lowest BCUT2D eigenvalue weighted by molar-refractivity contribution is 0.262. The summed E-state index contributed by atoms with van der Waals surface area (Å²) in [4.78, 5) is 23.6. The van der Waals surface area contributed by atoms with E-state index in [0.717, 1.165) is 0 Å². The van der Waals surface area contributed by atoms with E-state index in [2.05, 4.69) is 10.6 Å². The van der Waals surface area contributed by atoms with Crippen molar-refractivity contribution < 1.29 is 9.90 Å². The Morgan fingerprint density at radius 3 is 2.71 bits per heavy atom. The number of anilines is 2. The predicted octanol–water partition coefficient (Wildman–Crippen LogP) is 2.53. The molecule has 6 heteroatoms. The lowest BCUT2D eigenvalue weighted by atomic mass is 10.2. The number of phenols is 1. The van der Waals surface area contributed by atoms with E-state index in [-0.39, 0.29) is 16.9 Å². The summed E-state index contributed by atoms with van der Waals surface area (Å²) in [5, 5.41) is 14.6. The topological polar surface area (TPSA) is 83.4 Å². The number of carbonyl (C=O) groups is 1. The van der Waals surface area contributed by atoms with Crippen LogP contribution in [0.1, 0.15) is 12.5 Å². The van der Waals surface area contributed by atoms with E-state index < -0.39 is 6.03 Å². The molecular formula is C15H17N3O3. The van der Waals surface area contributed by atoms with Gasteiger partial charge in [0.1, 0.15) is 11.4 Å². The highest BCUT2D eigenvalue weighted by Crippen LogP contribution is 2.20. The molecule has 0 bridgehead atoms. The van der Waals surface area contributed by atoms with Gasteiger partial charge >= 0.3 is 6.03 Å². The number of hydrogen-bond donors (Lipinski definition) is 3. The number of aromatic nitrogens is 1. The molecule has 2 aromatic rings. The monoisotopic (exact) mass is 287 g/mol. The number of aryl methyl sites for hydroxylation is 2. The molecule has 21 heavy (non-hydrogen) atoms. The zero-order chi connectivity index (χ0) is 15.4. The minimum Gasteiger partial charge on any atom is -0.508 e. The van der Waals surface area contributed by atoms with Gasteiger partial charge in [-0.05, 0) is 37.6 Å². The third kappa shape index (κ3) is 3.62. The average molecular weight is 287 g/mol. The maximum atomic E-state index is 11.9. The van der Waals surface area contributed by atoms with Gasteiger partial charge in [0.25, 0.3) is 0 Å². The molecule has 6 nitrogen and oxygen atoms in total. The number of aromatic hydroxyl groups is 1. The number of carbonyl (C=O) groups excluding carboxylic acids is 1. The normalized spacial score (nSPS) is 10.2. The van der Waals surface area contributed by atoms with Gasteiger partial charge in [-0.2, -0.15) is 0 Å². The molecule has 0 saturated heterocycles. The first-order valence-corrected chi connectivity index (χ1v) is 6.57. The van der Waals surface area contributed by atoms with Crippen molar-refractivity contribution in [2.24, 2.45) is 0 Å². The van der Waals surface area contributed by atoms with Gasteiger partial charge in [-0.25, -0.2) is 4.79 Å². The number of amides is 2. The minimum absolute atomic E-state index is 0.162. The van der Waals surface area contributed by atoms with Crippen molar-refractivity contribution in [1.82, 2.24) is 4.57 Å². The molecule has 3 N–H and O–H groups in total. The molecule has 0 unspecified atom stereocenters. The molecule has 1 heterocycles. The Morgan fingerprint density at radius 1 is 1.29 bits per heavy atom. The Hall–Kier alpha value is -2.76. The van der Waals surface area contributed by atoms with Crippen molar-refractivity contribution in [2.75, 3.05) is 10.6 Å². The fraction of sp³-hybridized carbons (Fsp3) is 0.200. The molecule has 0 radical (unpaired) electrons. The van der Waals surface area contributed by atoms with Crippen LogP contribution in [0.4, 0.5) is 16.2 Å². The van der Waals surface area contributed by atoms with Gasteiger partial charge in [-0.15, -0.1) is 0 Å². The van der Waals surface area contributed by atoms with Gasteiger partial charge in [0.15, 0.2) is 0 Å². The lowest BCUT2D eigenvalue weighted by Crippen LogP contribution is -2.24. The van der Waals surface area contributed by atoms with Crippen molar-refractivity contribution in [2.45, 2.75) is 20.4 Å². The number of hydrogen-bond acceptors (Lipinski definition) is 3. The maximum absolute atomic E-state index is 11.9. The summed E-state index contributed by atoms with van der Waals surface area (Å²) in [6, 6.07) is 5.62. The number of urea groups is 1. The van der Waals surface area contributed by atoms with E-state index in [9.17, 15) is 14.7 Å². The van der Waals surface area contributed by atoms with Gasteiger partial charge in [0.05, 0.1) is 0 Å². The molecule has 0 saturated carbocycles. The summed E-state index contributed by atoms with van der Waals surface area (Å²) in [6.07, 6.45) is 3.25. The second-order valence-corrected chi connectivity index (χ2v) is 4.63. The number of nitrogens with one attached hydrogen (secondary N) is 2. The first kappa shape index (κ1) is 14.6. The Labute approximate surface area is 122 Å². The second kappa shape index (κ2) is 6.13. The van der Waals surface area contributed by atoms with E-state index in [1.54, 1.807) is 36.0 Å². The first-order chi connectivity index (χ1) is 9.99. The summed E-state index contributed by atoms with van der Waals surface area (Å²) in [6.45, 7) is 4.37. The predicted molar refractivity (Wildman–Crippen MR) is 81.9 cm³/mol. The Balaban J connectivity index is 2.11. The van der Waals surface area contributed by atoms with Crippen LogP contribution in [0.25, 0.3) is 0 Å². The third-order valence-electron chi connectivity index (χ3n) is 3.05.